The van der Waals surface area contributed by atoms with Crippen molar-refractivity contribution in [3.05, 3.63) is 23.0 Å². The molecular weight excluding hydrogens is 330 g/mol. The van der Waals surface area contributed by atoms with Crippen LogP contribution in [-0.4, -0.2) is 48.7 Å². The third kappa shape index (κ3) is 5.74. The second-order valence-electron chi connectivity index (χ2n) is 6.32. The first-order valence-corrected chi connectivity index (χ1v) is 7.68. The lowest BCUT2D eigenvalue weighted by atomic mass is 10.0. The molecule has 0 aromatic carbocycles. The van der Waals surface area contributed by atoms with Gasteiger partial charge in [-0.3, -0.25) is 14.4 Å². The van der Waals surface area contributed by atoms with Crippen molar-refractivity contribution in [1.82, 2.24) is 4.57 Å². The predicted molar refractivity (Wildman–Crippen MR) is 87.5 cm³/mol. The van der Waals surface area contributed by atoms with Crippen molar-refractivity contribution in [2.45, 2.75) is 45.6 Å². The highest BCUT2D eigenvalue weighted by atomic mass is 16.6. The Morgan fingerprint density at radius 3 is 2.20 bits per heavy atom. The highest BCUT2D eigenvalue weighted by Crippen LogP contribution is 2.21. The first-order chi connectivity index (χ1) is 11.6. The summed E-state index contributed by atoms with van der Waals surface area (Å²) in [6.07, 6.45) is 1.18. The summed E-state index contributed by atoms with van der Waals surface area (Å²) in [5, 5.41) is 0. The van der Waals surface area contributed by atoms with E-state index in [4.69, 9.17) is 4.74 Å². The zero-order chi connectivity index (χ0) is 19.2. The van der Waals surface area contributed by atoms with Crippen molar-refractivity contribution >= 4 is 24.3 Å². The van der Waals surface area contributed by atoms with Gasteiger partial charge in [-0.2, -0.15) is 0 Å². The number of nitrogens with zero attached hydrogens (tertiary/aromatic N) is 1. The first kappa shape index (κ1) is 20.4. The summed E-state index contributed by atoms with van der Waals surface area (Å²) in [4.78, 5) is 46.9. The Hall–Kier alpha value is -2.64. The minimum absolute atomic E-state index is 0.000448. The Bertz CT molecular complexity index is 667. The third-order valence-electron chi connectivity index (χ3n) is 3.32. The zero-order valence-electron chi connectivity index (χ0n) is 15.1. The minimum atomic E-state index is -0.754. The predicted octanol–water partition coefficient (Wildman–Crippen LogP) is 1.90. The number of hydrogen-bond acceptors (Lipinski definition) is 7. The summed E-state index contributed by atoms with van der Waals surface area (Å²) in [6.45, 7) is 5.09. The number of hydrogen-bond donors (Lipinski definition) is 0. The molecule has 0 aliphatic rings. The van der Waals surface area contributed by atoms with Crippen molar-refractivity contribution in [2.75, 3.05) is 14.2 Å². The lowest BCUT2D eigenvalue weighted by molar-refractivity contribution is -0.140. The van der Waals surface area contributed by atoms with Gasteiger partial charge >= 0.3 is 18.0 Å². The Labute approximate surface area is 146 Å². The molecule has 0 N–H and O–H groups in total. The van der Waals surface area contributed by atoms with Crippen LogP contribution in [0.25, 0.3) is 0 Å². The molecule has 0 spiro atoms. The molecule has 1 aromatic heterocycles. The molecule has 1 aromatic rings. The molecule has 1 heterocycles. The second kappa shape index (κ2) is 8.46. The number of esters is 2. The standard InChI is InChI=1S/C17H23NO7/c1-17(2,3)25-16(22)18-9-11(6-7-14(20)23-4)12(13(18)10-19)8-15(21)24-5/h9-10H,6-8H2,1-5H3. The Balaban J connectivity index is 3.28. The number of methoxy groups -OCH3 is 2. The average Bonchev–Trinajstić information content (AvgIpc) is 2.88. The molecule has 0 fully saturated rings. The molecule has 0 aliphatic carbocycles. The third-order valence-corrected chi connectivity index (χ3v) is 3.32. The normalized spacial score (nSPS) is 10.9. The van der Waals surface area contributed by atoms with Crippen LogP contribution in [0.1, 0.15) is 48.8 Å². The van der Waals surface area contributed by atoms with Gasteiger partial charge in [0, 0.05) is 12.6 Å². The lowest BCUT2D eigenvalue weighted by Gasteiger charge is -2.19. The SMILES string of the molecule is COC(=O)CCc1cn(C(=O)OC(C)(C)C)c(C=O)c1CC(=O)OC. The summed E-state index contributed by atoms with van der Waals surface area (Å²) in [6, 6.07) is 0. The number of carbonyl (C=O) groups is 4. The second-order valence-corrected chi connectivity index (χ2v) is 6.32. The van der Waals surface area contributed by atoms with E-state index in [2.05, 4.69) is 9.47 Å². The number of rotatable bonds is 6. The van der Waals surface area contributed by atoms with Crippen LogP contribution in [0.4, 0.5) is 4.79 Å². The summed E-state index contributed by atoms with van der Waals surface area (Å²) in [5.74, 6) is -1.01. The maximum atomic E-state index is 12.3. The van der Waals surface area contributed by atoms with Gasteiger partial charge in [0.05, 0.1) is 26.3 Å². The van der Waals surface area contributed by atoms with Crippen LogP contribution in [0.2, 0.25) is 0 Å². The van der Waals surface area contributed by atoms with Crippen LogP contribution < -0.4 is 0 Å². The molecule has 8 nitrogen and oxygen atoms in total. The van der Waals surface area contributed by atoms with Crippen LogP contribution in [0.15, 0.2) is 6.20 Å². The molecule has 0 unspecified atom stereocenters. The summed E-state index contributed by atoms with van der Waals surface area (Å²) >= 11 is 0. The van der Waals surface area contributed by atoms with Crippen molar-refractivity contribution in [2.24, 2.45) is 0 Å². The molecule has 1 rings (SSSR count). The van der Waals surface area contributed by atoms with Crippen molar-refractivity contribution in [3.63, 3.8) is 0 Å². The van der Waals surface area contributed by atoms with Gasteiger partial charge in [0.25, 0.3) is 0 Å². The number of aryl methyl sites for hydroxylation is 1. The fraction of sp³-hybridized carbons (Fsp3) is 0.529. The monoisotopic (exact) mass is 353 g/mol. The van der Waals surface area contributed by atoms with E-state index in [1.54, 1.807) is 20.8 Å². The molecule has 0 saturated heterocycles. The van der Waals surface area contributed by atoms with E-state index >= 15 is 0 Å². The maximum Gasteiger partial charge on any atom is 0.419 e. The van der Waals surface area contributed by atoms with E-state index in [-0.39, 0.29) is 25.0 Å². The number of aromatic nitrogens is 1. The highest BCUT2D eigenvalue weighted by molar-refractivity contribution is 5.87. The van der Waals surface area contributed by atoms with Gasteiger partial charge in [-0.25, -0.2) is 9.36 Å². The molecule has 0 bridgehead atoms. The Kier molecular flexibility index (Phi) is 6.90. The van der Waals surface area contributed by atoms with Crippen LogP contribution in [0.5, 0.6) is 0 Å². The molecule has 8 heteroatoms. The van der Waals surface area contributed by atoms with E-state index in [0.29, 0.717) is 17.4 Å². The molecule has 0 aliphatic heterocycles. The molecule has 0 radical (unpaired) electrons. The number of ether oxygens (including phenoxy) is 3. The largest absolute Gasteiger partial charge is 0.469 e. The van der Waals surface area contributed by atoms with Gasteiger partial charge in [-0.15, -0.1) is 0 Å². The van der Waals surface area contributed by atoms with Gasteiger partial charge in [-0.05, 0) is 38.3 Å². The molecule has 25 heavy (non-hydrogen) atoms. The molecule has 0 atom stereocenters. The van der Waals surface area contributed by atoms with Gasteiger partial charge in [0.2, 0.25) is 0 Å². The summed E-state index contributed by atoms with van der Waals surface area (Å²) in [5.41, 5.74) is 0.0795. The van der Waals surface area contributed by atoms with Gasteiger partial charge in [-0.1, -0.05) is 0 Å². The van der Waals surface area contributed by atoms with E-state index in [1.165, 1.54) is 20.4 Å². The first-order valence-electron chi connectivity index (χ1n) is 7.68. The van der Waals surface area contributed by atoms with Gasteiger partial charge in [0.1, 0.15) is 5.60 Å². The van der Waals surface area contributed by atoms with E-state index in [0.717, 1.165) is 4.57 Å². The maximum absolute atomic E-state index is 12.3. The number of carbonyl (C=O) groups excluding carboxylic acids is 4. The van der Waals surface area contributed by atoms with Crippen LogP contribution in [0.3, 0.4) is 0 Å². The average molecular weight is 353 g/mol. The van der Waals surface area contributed by atoms with Crippen LogP contribution >= 0.6 is 0 Å². The Morgan fingerprint density at radius 1 is 1.12 bits per heavy atom. The quantitative estimate of drug-likeness (QED) is 0.437. The zero-order valence-corrected chi connectivity index (χ0v) is 15.1. The summed E-state index contributed by atoms with van der Waals surface area (Å²) in [7, 11) is 2.49. The molecule has 0 amide bonds. The fourth-order valence-electron chi connectivity index (χ4n) is 2.18. The highest BCUT2D eigenvalue weighted by Gasteiger charge is 2.25. The van der Waals surface area contributed by atoms with E-state index in [1.807, 2.05) is 0 Å². The molecule has 138 valence electrons. The molecule has 0 saturated carbocycles. The summed E-state index contributed by atoms with van der Waals surface area (Å²) < 4.78 is 15.5. The van der Waals surface area contributed by atoms with E-state index < -0.39 is 23.6 Å². The topological polar surface area (TPSA) is 101 Å². The smallest absolute Gasteiger partial charge is 0.419 e. The van der Waals surface area contributed by atoms with Gasteiger partial charge < -0.3 is 14.2 Å². The fourth-order valence-corrected chi connectivity index (χ4v) is 2.18. The Morgan fingerprint density at radius 2 is 1.72 bits per heavy atom. The van der Waals surface area contributed by atoms with E-state index in [9.17, 15) is 19.2 Å². The van der Waals surface area contributed by atoms with Crippen molar-refractivity contribution in [1.29, 1.82) is 0 Å². The molecular formula is C17H23NO7. The lowest BCUT2D eigenvalue weighted by Crippen LogP contribution is -2.27. The van der Waals surface area contributed by atoms with Crippen molar-refractivity contribution < 1.29 is 33.4 Å². The van der Waals surface area contributed by atoms with Gasteiger partial charge in [0.15, 0.2) is 6.29 Å². The minimum Gasteiger partial charge on any atom is -0.469 e. The number of aldehydes is 1. The van der Waals surface area contributed by atoms with Crippen LogP contribution in [-0.2, 0) is 36.6 Å². The van der Waals surface area contributed by atoms with Crippen molar-refractivity contribution in [3.8, 4) is 0 Å². The van der Waals surface area contributed by atoms with Crippen LogP contribution in [0, 0.1) is 0 Å².